The second-order valence-electron chi connectivity index (χ2n) is 4.32. The van der Waals surface area contributed by atoms with Gasteiger partial charge in [-0.05, 0) is 32.3 Å². The number of thioether (sulfide) groups is 1. The van der Waals surface area contributed by atoms with Gasteiger partial charge in [0.15, 0.2) is 0 Å². The number of aryl methyl sites for hydroxylation is 1. The fraction of sp³-hybridized carbons (Fsp3) is 0.583. The molecule has 20 heavy (non-hydrogen) atoms. The summed E-state index contributed by atoms with van der Waals surface area (Å²) >= 11 is 3.05. The Morgan fingerprint density at radius 2 is 2.20 bits per heavy atom. The van der Waals surface area contributed by atoms with Gasteiger partial charge < -0.3 is 15.7 Å². The van der Waals surface area contributed by atoms with E-state index in [0.717, 1.165) is 9.88 Å². The smallest absolute Gasteiger partial charge is 0.326 e. The van der Waals surface area contributed by atoms with Crippen LogP contribution in [0.3, 0.4) is 0 Å². The van der Waals surface area contributed by atoms with Crippen LogP contribution in [-0.2, 0) is 4.79 Å². The zero-order valence-corrected chi connectivity index (χ0v) is 13.3. The van der Waals surface area contributed by atoms with Gasteiger partial charge in [-0.3, -0.25) is 0 Å². The number of aliphatic carboxylic acids is 1. The van der Waals surface area contributed by atoms with Crippen molar-refractivity contribution >= 4 is 35.1 Å². The molecule has 0 bridgehead atoms. The Hall–Kier alpha value is -1.28. The number of carbonyl (C=O) groups excluding carboxylic acids is 1. The Kier molecular flexibility index (Phi) is 6.80. The van der Waals surface area contributed by atoms with Gasteiger partial charge in [-0.1, -0.05) is 0 Å². The van der Waals surface area contributed by atoms with Crippen LogP contribution < -0.4 is 10.6 Å². The zero-order chi connectivity index (χ0) is 15.1. The van der Waals surface area contributed by atoms with Crippen LogP contribution in [-0.4, -0.2) is 40.1 Å². The molecule has 0 aliphatic carbocycles. The Balaban J connectivity index is 2.50. The van der Waals surface area contributed by atoms with Crippen LogP contribution in [0.25, 0.3) is 0 Å². The number of aromatic nitrogens is 1. The first-order chi connectivity index (χ1) is 9.43. The Morgan fingerprint density at radius 3 is 2.70 bits per heavy atom. The second kappa shape index (κ2) is 8.11. The molecular formula is C12H19N3O3S2. The molecule has 0 fully saturated rings. The van der Waals surface area contributed by atoms with E-state index in [4.69, 9.17) is 5.11 Å². The highest BCUT2D eigenvalue weighted by Gasteiger charge is 2.21. The zero-order valence-electron chi connectivity index (χ0n) is 11.7. The van der Waals surface area contributed by atoms with Gasteiger partial charge in [0.1, 0.15) is 11.0 Å². The number of rotatable bonds is 7. The average molecular weight is 317 g/mol. The van der Waals surface area contributed by atoms with Gasteiger partial charge in [0.25, 0.3) is 0 Å². The summed E-state index contributed by atoms with van der Waals surface area (Å²) in [6.45, 7) is 3.76. The van der Waals surface area contributed by atoms with E-state index in [1.807, 2.05) is 20.1 Å². The number of thiazole rings is 1. The van der Waals surface area contributed by atoms with E-state index in [0.29, 0.717) is 12.2 Å². The second-order valence-corrected chi connectivity index (χ2v) is 6.57. The van der Waals surface area contributed by atoms with Gasteiger partial charge in [-0.2, -0.15) is 11.8 Å². The number of nitrogens with zero attached hydrogens (tertiary/aromatic N) is 1. The highest BCUT2D eigenvalue weighted by Crippen LogP contribution is 2.18. The summed E-state index contributed by atoms with van der Waals surface area (Å²) in [5.74, 6) is -0.342. The molecule has 1 aromatic heterocycles. The number of carboxylic acids is 1. The number of hydrogen-bond donors (Lipinski definition) is 3. The number of hydrogen-bond acceptors (Lipinski definition) is 5. The first-order valence-electron chi connectivity index (χ1n) is 6.15. The monoisotopic (exact) mass is 317 g/mol. The molecular weight excluding hydrogens is 298 g/mol. The molecule has 8 heteroatoms. The molecule has 0 saturated heterocycles. The van der Waals surface area contributed by atoms with Crippen molar-refractivity contribution in [3.63, 3.8) is 0 Å². The van der Waals surface area contributed by atoms with Gasteiger partial charge in [0, 0.05) is 11.1 Å². The van der Waals surface area contributed by atoms with Crippen LogP contribution in [0, 0.1) is 6.92 Å². The average Bonchev–Trinajstić information content (AvgIpc) is 2.80. The van der Waals surface area contributed by atoms with Crippen molar-refractivity contribution in [2.75, 3.05) is 12.0 Å². The van der Waals surface area contributed by atoms with E-state index in [9.17, 15) is 9.59 Å². The maximum absolute atomic E-state index is 11.8. The normalized spacial score (nSPS) is 13.6. The lowest BCUT2D eigenvalue weighted by Gasteiger charge is -2.17. The number of nitrogens with one attached hydrogen (secondary N) is 2. The molecule has 1 unspecified atom stereocenters. The van der Waals surface area contributed by atoms with Crippen LogP contribution in [0.15, 0.2) is 6.20 Å². The van der Waals surface area contributed by atoms with E-state index >= 15 is 0 Å². The predicted molar refractivity (Wildman–Crippen MR) is 81.4 cm³/mol. The van der Waals surface area contributed by atoms with Crippen LogP contribution in [0.2, 0.25) is 0 Å². The highest BCUT2D eigenvalue weighted by molar-refractivity contribution is 7.98. The fourth-order valence-electron chi connectivity index (χ4n) is 1.52. The molecule has 0 aliphatic rings. The predicted octanol–water partition coefficient (Wildman–Crippen LogP) is 2.02. The topological polar surface area (TPSA) is 91.3 Å². The van der Waals surface area contributed by atoms with Gasteiger partial charge in [-0.15, -0.1) is 11.3 Å². The highest BCUT2D eigenvalue weighted by atomic mass is 32.2. The summed E-state index contributed by atoms with van der Waals surface area (Å²) in [6, 6.07) is -1.60. The summed E-state index contributed by atoms with van der Waals surface area (Å²) in [6.07, 6.45) is 4.04. The molecule has 112 valence electrons. The van der Waals surface area contributed by atoms with Crippen molar-refractivity contribution in [2.24, 2.45) is 0 Å². The van der Waals surface area contributed by atoms with Crippen molar-refractivity contribution in [3.8, 4) is 0 Å². The molecule has 0 aromatic carbocycles. The van der Waals surface area contributed by atoms with Gasteiger partial charge >= 0.3 is 12.0 Å². The van der Waals surface area contributed by atoms with E-state index < -0.39 is 18.0 Å². The summed E-state index contributed by atoms with van der Waals surface area (Å²) in [7, 11) is 0. The first-order valence-corrected chi connectivity index (χ1v) is 8.36. The third-order valence-corrected chi connectivity index (χ3v) is 4.31. The van der Waals surface area contributed by atoms with Crippen molar-refractivity contribution in [3.05, 3.63) is 16.1 Å². The van der Waals surface area contributed by atoms with E-state index in [1.54, 1.807) is 18.0 Å². The molecule has 2 atom stereocenters. The SMILES string of the molecule is CSCC[C@H](NC(=O)NC(C)c1ncc(C)s1)C(=O)O. The number of amides is 2. The van der Waals surface area contributed by atoms with Crippen molar-refractivity contribution in [1.29, 1.82) is 0 Å². The molecule has 6 nitrogen and oxygen atoms in total. The van der Waals surface area contributed by atoms with Gasteiger partial charge in [-0.25, -0.2) is 14.6 Å². The van der Waals surface area contributed by atoms with Crippen molar-refractivity contribution in [1.82, 2.24) is 15.6 Å². The maximum Gasteiger partial charge on any atom is 0.326 e. The lowest BCUT2D eigenvalue weighted by Crippen LogP contribution is -2.46. The Morgan fingerprint density at radius 1 is 1.50 bits per heavy atom. The number of urea groups is 1. The standard InChI is InChI=1S/C12H19N3O3S2/c1-7-6-13-10(20-7)8(2)14-12(18)15-9(11(16)17)4-5-19-3/h6,8-9H,4-5H2,1-3H3,(H,16,17)(H2,14,15,18)/t8?,9-/m0/s1. The summed E-state index contributed by atoms with van der Waals surface area (Å²) in [5, 5.41) is 15.0. The van der Waals surface area contributed by atoms with Crippen molar-refractivity contribution < 1.29 is 14.7 Å². The fourth-order valence-corrected chi connectivity index (χ4v) is 2.77. The number of carboxylic acid groups (broad SMARTS) is 1. The minimum atomic E-state index is -1.02. The lowest BCUT2D eigenvalue weighted by atomic mass is 10.2. The van der Waals surface area contributed by atoms with E-state index in [1.165, 1.54) is 11.3 Å². The van der Waals surface area contributed by atoms with Crippen LogP contribution in [0.4, 0.5) is 4.79 Å². The third-order valence-electron chi connectivity index (χ3n) is 2.57. The molecule has 0 aliphatic heterocycles. The molecule has 0 spiro atoms. The summed E-state index contributed by atoms with van der Waals surface area (Å²) in [5.41, 5.74) is 0. The lowest BCUT2D eigenvalue weighted by molar-refractivity contribution is -0.139. The molecule has 3 N–H and O–H groups in total. The molecule has 1 rings (SSSR count). The van der Waals surface area contributed by atoms with Crippen molar-refractivity contribution in [2.45, 2.75) is 32.4 Å². The quantitative estimate of drug-likeness (QED) is 0.715. The Bertz CT molecular complexity index is 465. The summed E-state index contributed by atoms with van der Waals surface area (Å²) in [4.78, 5) is 28.1. The van der Waals surface area contributed by atoms with Crippen LogP contribution >= 0.6 is 23.1 Å². The largest absolute Gasteiger partial charge is 0.480 e. The molecule has 0 saturated carbocycles. The Labute approximate surface area is 126 Å². The van der Waals surface area contributed by atoms with Crippen LogP contribution in [0.1, 0.15) is 29.3 Å². The van der Waals surface area contributed by atoms with E-state index in [-0.39, 0.29) is 6.04 Å². The van der Waals surface area contributed by atoms with Crippen LogP contribution in [0.5, 0.6) is 0 Å². The maximum atomic E-state index is 11.8. The van der Waals surface area contributed by atoms with Gasteiger partial charge in [0.05, 0.1) is 6.04 Å². The molecule has 1 aromatic rings. The molecule has 0 radical (unpaired) electrons. The minimum absolute atomic E-state index is 0.247. The molecule has 1 heterocycles. The third kappa shape index (κ3) is 5.38. The van der Waals surface area contributed by atoms with E-state index in [2.05, 4.69) is 15.6 Å². The molecule has 2 amide bonds. The first kappa shape index (κ1) is 16.8. The summed E-state index contributed by atoms with van der Waals surface area (Å²) < 4.78 is 0. The minimum Gasteiger partial charge on any atom is -0.480 e. The van der Waals surface area contributed by atoms with Gasteiger partial charge in [0.2, 0.25) is 0 Å². The number of carbonyl (C=O) groups is 2.